The van der Waals surface area contributed by atoms with Crippen molar-refractivity contribution in [3.05, 3.63) is 16.4 Å². The van der Waals surface area contributed by atoms with Crippen LogP contribution in [0.1, 0.15) is 18.3 Å². The molecule has 0 N–H and O–H groups in total. The Morgan fingerprint density at radius 3 is 3.00 bits per heavy atom. The lowest BCUT2D eigenvalue weighted by Crippen LogP contribution is -2.33. The highest BCUT2D eigenvalue weighted by molar-refractivity contribution is 7.99. The van der Waals surface area contributed by atoms with Gasteiger partial charge in [-0.25, -0.2) is 0 Å². The van der Waals surface area contributed by atoms with Crippen molar-refractivity contribution in [3.63, 3.8) is 0 Å². The molecule has 0 bridgehead atoms. The molecule has 0 radical (unpaired) electrons. The van der Waals surface area contributed by atoms with E-state index in [2.05, 4.69) is 5.10 Å². The first-order valence-electron chi connectivity index (χ1n) is 6.05. The summed E-state index contributed by atoms with van der Waals surface area (Å²) < 4.78 is 7.19. The molecule has 2 heterocycles. The van der Waals surface area contributed by atoms with E-state index in [9.17, 15) is 4.79 Å². The number of aromatic nitrogens is 2. The van der Waals surface area contributed by atoms with Gasteiger partial charge in [0.25, 0.3) is 0 Å². The number of thioether (sulfide) groups is 1. The summed E-state index contributed by atoms with van der Waals surface area (Å²) >= 11 is 7.99. The summed E-state index contributed by atoms with van der Waals surface area (Å²) in [5.41, 5.74) is 1.64. The van der Waals surface area contributed by atoms with Gasteiger partial charge in [-0.3, -0.25) is 9.48 Å². The minimum atomic E-state index is -0.292. The Morgan fingerprint density at radius 1 is 1.67 bits per heavy atom. The number of nitrogens with zero attached hydrogens (tertiary/aromatic N) is 2. The lowest BCUT2D eigenvalue weighted by atomic mass is 10.1. The Bertz CT molecular complexity index is 442. The fourth-order valence-corrected chi connectivity index (χ4v) is 3.20. The molecule has 0 aromatic carbocycles. The van der Waals surface area contributed by atoms with Crippen LogP contribution in [-0.2, 0) is 29.4 Å². The van der Waals surface area contributed by atoms with Crippen LogP contribution in [0.25, 0.3) is 0 Å². The third-order valence-electron chi connectivity index (χ3n) is 3.02. The topological polar surface area (TPSA) is 44.1 Å². The van der Waals surface area contributed by atoms with Crippen molar-refractivity contribution < 1.29 is 9.53 Å². The van der Waals surface area contributed by atoms with Crippen LogP contribution in [0.5, 0.6) is 0 Å². The number of ether oxygens (including phenoxy) is 1. The third-order valence-corrected chi connectivity index (χ3v) is 4.45. The van der Waals surface area contributed by atoms with E-state index in [0.29, 0.717) is 18.1 Å². The van der Waals surface area contributed by atoms with E-state index < -0.39 is 0 Å². The smallest absolute Gasteiger partial charge is 0.168 e. The fraction of sp³-hybridized carbons (Fsp3) is 0.667. The first-order valence-corrected chi connectivity index (χ1v) is 7.59. The van der Waals surface area contributed by atoms with Gasteiger partial charge in [0, 0.05) is 18.6 Å². The van der Waals surface area contributed by atoms with Crippen molar-refractivity contribution in [2.45, 2.75) is 25.9 Å². The van der Waals surface area contributed by atoms with Gasteiger partial charge in [-0.15, -0.1) is 0 Å². The van der Waals surface area contributed by atoms with Crippen LogP contribution in [0.3, 0.4) is 0 Å². The molecule has 0 saturated carbocycles. The monoisotopic (exact) mass is 288 g/mol. The molecule has 1 aliphatic heterocycles. The lowest BCUT2D eigenvalue weighted by molar-refractivity contribution is -0.128. The number of carbonyl (C=O) groups excluding carboxylic acids is 1. The van der Waals surface area contributed by atoms with Crippen LogP contribution in [0.4, 0.5) is 0 Å². The van der Waals surface area contributed by atoms with Crippen LogP contribution < -0.4 is 0 Å². The maximum absolute atomic E-state index is 12.1. The molecule has 1 fully saturated rings. The minimum Gasteiger partial charge on any atom is -0.369 e. The normalized spacial score (nSPS) is 20.1. The molecule has 0 aliphatic carbocycles. The van der Waals surface area contributed by atoms with E-state index in [1.165, 1.54) is 0 Å². The predicted octanol–water partition coefficient (Wildman–Crippen LogP) is 1.88. The predicted molar refractivity (Wildman–Crippen MR) is 73.4 cm³/mol. The van der Waals surface area contributed by atoms with Crippen molar-refractivity contribution in [2.75, 3.05) is 18.1 Å². The van der Waals surface area contributed by atoms with Gasteiger partial charge in [0.2, 0.25) is 0 Å². The molecular weight excluding hydrogens is 272 g/mol. The van der Waals surface area contributed by atoms with Gasteiger partial charge in [-0.05, 0) is 6.42 Å². The first kappa shape index (κ1) is 13.9. The standard InChI is InChI=1S/C12H17ClN2O2S/c1-3-8-12(13)9(15(2)14-8)6-10(16)11-7-18-5-4-17-11/h11H,3-7H2,1-2H3. The summed E-state index contributed by atoms with van der Waals surface area (Å²) in [6.07, 6.45) is 0.782. The van der Waals surface area contributed by atoms with E-state index in [1.807, 2.05) is 14.0 Å². The molecular formula is C12H17ClN2O2S. The Hall–Kier alpha value is -0.520. The van der Waals surface area contributed by atoms with E-state index >= 15 is 0 Å². The molecule has 2 rings (SSSR count). The van der Waals surface area contributed by atoms with Crippen molar-refractivity contribution >= 4 is 29.1 Å². The van der Waals surface area contributed by atoms with Crippen LogP contribution >= 0.6 is 23.4 Å². The largest absolute Gasteiger partial charge is 0.369 e. The highest BCUT2D eigenvalue weighted by Crippen LogP contribution is 2.23. The summed E-state index contributed by atoms with van der Waals surface area (Å²) in [6, 6.07) is 0. The maximum atomic E-state index is 12.1. The second-order valence-electron chi connectivity index (χ2n) is 4.26. The Labute approximate surface area is 116 Å². The second kappa shape index (κ2) is 6.08. The average molecular weight is 289 g/mol. The number of halogens is 1. The lowest BCUT2D eigenvalue weighted by Gasteiger charge is -2.21. The number of ketones is 1. The van der Waals surface area contributed by atoms with Gasteiger partial charge in [-0.1, -0.05) is 18.5 Å². The zero-order valence-corrected chi connectivity index (χ0v) is 12.2. The molecule has 1 atom stereocenters. The van der Waals surface area contributed by atoms with Crippen molar-refractivity contribution in [3.8, 4) is 0 Å². The molecule has 0 spiro atoms. The van der Waals surface area contributed by atoms with E-state index in [0.717, 1.165) is 29.3 Å². The second-order valence-corrected chi connectivity index (χ2v) is 5.79. The van der Waals surface area contributed by atoms with Crippen molar-refractivity contribution in [2.24, 2.45) is 7.05 Å². The number of hydrogen-bond acceptors (Lipinski definition) is 4. The van der Waals surface area contributed by atoms with Crippen molar-refractivity contribution in [1.82, 2.24) is 9.78 Å². The number of aryl methyl sites for hydroxylation is 2. The molecule has 1 saturated heterocycles. The number of hydrogen-bond donors (Lipinski definition) is 0. The highest BCUT2D eigenvalue weighted by atomic mass is 35.5. The quantitative estimate of drug-likeness (QED) is 0.848. The van der Waals surface area contributed by atoms with E-state index in [-0.39, 0.29) is 11.9 Å². The molecule has 100 valence electrons. The van der Waals surface area contributed by atoms with Crippen LogP contribution in [0, 0.1) is 0 Å². The zero-order chi connectivity index (χ0) is 13.1. The van der Waals surface area contributed by atoms with E-state index in [4.69, 9.17) is 16.3 Å². The highest BCUT2D eigenvalue weighted by Gasteiger charge is 2.25. The zero-order valence-electron chi connectivity index (χ0n) is 10.6. The number of rotatable bonds is 4. The summed E-state index contributed by atoms with van der Waals surface area (Å²) in [6.45, 7) is 2.65. The van der Waals surface area contributed by atoms with Gasteiger partial charge in [0.15, 0.2) is 5.78 Å². The average Bonchev–Trinajstić information content (AvgIpc) is 2.67. The third kappa shape index (κ3) is 2.90. The van der Waals surface area contributed by atoms with Crippen LogP contribution in [-0.4, -0.2) is 39.8 Å². The molecule has 6 heteroatoms. The van der Waals surface area contributed by atoms with Crippen molar-refractivity contribution in [1.29, 1.82) is 0 Å². The Kier molecular flexibility index (Phi) is 4.70. The van der Waals surface area contributed by atoms with Crippen LogP contribution in [0.15, 0.2) is 0 Å². The summed E-state index contributed by atoms with van der Waals surface area (Å²) in [4.78, 5) is 12.1. The van der Waals surface area contributed by atoms with Gasteiger partial charge in [-0.2, -0.15) is 16.9 Å². The molecule has 1 aromatic heterocycles. The molecule has 18 heavy (non-hydrogen) atoms. The van der Waals surface area contributed by atoms with E-state index in [1.54, 1.807) is 16.4 Å². The molecule has 4 nitrogen and oxygen atoms in total. The van der Waals surface area contributed by atoms with Crippen LogP contribution in [0.2, 0.25) is 5.02 Å². The SMILES string of the molecule is CCc1nn(C)c(CC(=O)C2CSCCO2)c1Cl. The summed E-state index contributed by atoms with van der Waals surface area (Å²) in [7, 11) is 1.82. The molecule has 1 aromatic rings. The molecule has 0 amide bonds. The summed E-state index contributed by atoms with van der Waals surface area (Å²) in [5, 5.41) is 4.94. The van der Waals surface area contributed by atoms with Gasteiger partial charge >= 0.3 is 0 Å². The minimum absolute atomic E-state index is 0.0924. The van der Waals surface area contributed by atoms with Gasteiger partial charge in [0.1, 0.15) is 6.10 Å². The Morgan fingerprint density at radius 2 is 2.44 bits per heavy atom. The molecule has 1 unspecified atom stereocenters. The fourth-order valence-electron chi connectivity index (χ4n) is 1.96. The Balaban J connectivity index is 2.08. The van der Waals surface area contributed by atoms with Gasteiger partial charge < -0.3 is 4.74 Å². The van der Waals surface area contributed by atoms with Gasteiger partial charge in [0.05, 0.1) is 29.4 Å². The number of carbonyl (C=O) groups is 1. The maximum Gasteiger partial charge on any atom is 0.168 e. The number of Topliss-reactive ketones (excluding diaryl/α,β-unsaturated/α-hetero) is 1. The summed E-state index contributed by atoms with van der Waals surface area (Å²) in [5.74, 6) is 1.81. The molecule has 1 aliphatic rings. The first-order chi connectivity index (χ1) is 8.63.